The van der Waals surface area contributed by atoms with Crippen LogP contribution in [0, 0.1) is 0 Å². The highest BCUT2D eigenvalue weighted by atomic mass is 16.1. The molecule has 0 atom stereocenters. The van der Waals surface area contributed by atoms with E-state index >= 15 is 0 Å². The van der Waals surface area contributed by atoms with Crippen molar-refractivity contribution in [3.05, 3.63) is 178 Å². The molecule has 0 amide bonds. The molecule has 6 aromatic carbocycles. The lowest BCUT2D eigenvalue weighted by Crippen LogP contribution is -2.26. The van der Waals surface area contributed by atoms with Gasteiger partial charge in [-0.1, -0.05) is 121 Å². The fourth-order valence-corrected chi connectivity index (χ4v) is 7.46. The second kappa shape index (κ2) is 8.48. The number of aromatic nitrogens is 2. The second-order valence-electron chi connectivity index (χ2n) is 11.0. The Morgan fingerprint density at radius 3 is 1.71 bits per heavy atom. The van der Waals surface area contributed by atoms with Crippen molar-refractivity contribution in [2.75, 3.05) is 0 Å². The summed E-state index contributed by atoms with van der Waals surface area (Å²) in [5.41, 5.74) is 11.8. The maximum atomic E-state index is 14.2. The van der Waals surface area contributed by atoms with E-state index in [4.69, 9.17) is 4.98 Å². The molecule has 0 N–H and O–H groups in total. The van der Waals surface area contributed by atoms with Gasteiger partial charge in [-0.3, -0.25) is 9.36 Å². The van der Waals surface area contributed by atoms with Gasteiger partial charge in [-0.15, -0.1) is 0 Å². The van der Waals surface area contributed by atoms with Crippen molar-refractivity contribution < 1.29 is 0 Å². The van der Waals surface area contributed by atoms with Crippen molar-refractivity contribution in [1.29, 1.82) is 0 Å². The molecule has 0 fully saturated rings. The minimum absolute atomic E-state index is 0.0723. The van der Waals surface area contributed by atoms with Crippen LogP contribution in [0.25, 0.3) is 50.2 Å². The Bertz CT molecular complexity index is 2230. The van der Waals surface area contributed by atoms with Gasteiger partial charge in [-0.2, -0.15) is 0 Å². The van der Waals surface area contributed by atoms with Crippen molar-refractivity contribution in [2.45, 2.75) is 5.41 Å². The number of rotatable bonds is 2. The molecule has 7 aromatic rings. The van der Waals surface area contributed by atoms with Crippen molar-refractivity contribution in [3.63, 3.8) is 0 Å². The van der Waals surface area contributed by atoms with Gasteiger partial charge in [0.25, 0.3) is 5.56 Å². The van der Waals surface area contributed by atoms with Crippen LogP contribution in [0.3, 0.4) is 0 Å². The molecule has 3 nitrogen and oxygen atoms in total. The first-order valence-corrected chi connectivity index (χ1v) is 14.3. The molecule has 42 heavy (non-hydrogen) atoms. The molecule has 0 saturated carbocycles. The van der Waals surface area contributed by atoms with Gasteiger partial charge in [-0.05, 0) is 68.8 Å². The molecule has 0 bridgehead atoms. The topological polar surface area (TPSA) is 34.9 Å². The van der Waals surface area contributed by atoms with E-state index in [1.54, 1.807) is 4.57 Å². The van der Waals surface area contributed by atoms with Gasteiger partial charge < -0.3 is 0 Å². The second-order valence-corrected chi connectivity index (χ2v) is 11.0. The number of hydrogen-bond acceptors (Lipinski definition) is 2. The summed E-state index contributed by atoms with van der Waals surface area (Å²) >= 11 is 0. The minimum Gasteiger partial charge on any atom is -0.268 e. The Kier molecular flexibility index (Phi) is 4.68. The lowest BCUT2D eigenvalue weighted by atomic mass is 9.70. The maximum absolute atomic E-state index is 14.2. The highest BCUT2D eigenvalue weighted by Gasteiger charge is 2.52. The Morgan fingerprint density at radius 2 is 1.00 bits per heavy atom. The predicted molar refractivity (Wildman–Crippen MR) is 169 cm³/mol. The fraction of sp³-hybridized carbons (Fsp3) is 0.0256. The number of benzene rings is 6. The van der Waals surface area contributed by atoms with Crippen molar-refractivity contribution in [2.24, 2.45) is 0 Å². The summed E-state index contributed by atoms with van der Waals surface area (Å²) < 4.78 is 1.78. The van der Waals surface area contributed by atoms with Crippen LogP contribution in [-0.2, 0) is 5.41 Å². The predicted octanol–water partition coefficient (Wildman–Crippen LogP) is 8.40. The van der Waals surface area contributed by atoms with Crippen molar-refractivity contribution in [3.8, 4) is 39.3 Å². The normalized spacial score (nSPS) is 13.5. The number of hydrogen-bond donors (Lipinski definition) is 0. The molecule has 9 rings (SSSR count). The Labute approximate surface area is 243 Å². The zero-order valence-corrected chi connectivity index (χ0v) is 22.7. The molecule has 1 aromatic heterocycles. The van der Waals surface area contributed by atoms with E-state index in [0.29, 0.717) is 16.7 Å². The molecular formula is C39H24N2O. The van der Waals surface area contributed by atoms with Gasteiger partial charge in [0, 0.05) is 5.56 Å². The summed E-state index contributed by atoms with van der Waals surface area (Å²) in [5, 5.41) is 0.605. The maximum Gasteiger partial charge on any atom is 0.266 e. The van der Waals surface area contributed by atoms with Crippen molar-refractivity contribution in [1.82, 2.24) is 9.55 Å². The zero-order chi connectivity index (χ0) is 27.8. The smallest absolute Gasteiger partial charge is 0.266 e. The Balaban J connectivity index is 1.45. The van der Waals surface area contributed by atoms with E-state index in [-0.39, 0.29) is 5.56 Å². The van der Waals surface area contributed by atoms with Crippen LogP contribution in [0.2, 0.25) is 0 Å². The summed E-state index contributed by atoms with van der Waals surface area (Å²) in [6, 6.07) is 50.3. The van der Waals surface area contributed by atoms with Crippen molar-refractivity contribution >= 4 is 10.9 Å². The van der Waals surface area contributed by atoms with Crippen LogP contribution < -0.4 is 5.56 Å². The van der Waals surface area contributed by atoms with Crippen LogP contribution in [0.4, 0.5) is 0 Å². The van der Waals surface area contributed by atoms with E-state index in [9.17, 15) is 4.79 Å². The first-order valence-electron chi connectivity index (χ1n) is 14.3. The molecule has 3 heteroatoms. The molecular weight excluding hydrogens is 512 g/mol. The van der Waals surface area contributed by atoms with Gasteiger partial charge in [0.2, 0.25) is 0 Å². The monoisotopic (exact) mass is 536 g/mol. The molecule has 0 saturated heterocycles. The van der Waals surface area contributed by atoms with E-state index < -0.39 is 5.41 Å². The van der Waals surface area contributed by atoms with Crippen LogP contribution in [0.15, 0.2) is 150 Å². The average molecular weight is 537 g/mol. The van der Waals surface area contributed by atoms with Gasteiger partial charge in [-0.25, -0.2) is 4.98 Å². The molecule has 1 heterocycles. The van der Waals surface area contributed by atoms with E-state index in [2.05, 4.69) is 91.0 Å². The third-order valence-corrected chi connectivity index (χ3v) is 9.05. The molecule has 196 valence electrons. The summed E-state index contributed by atoms with van der Waals surface area (Å²) in [4.78, 5) is 19.4. The molecule has 2 aliphatic carbocycles. The summed E-state index contributed by atoms with van der Waals surface area (Å²) in [7, 11) is 0. The molecule has 1 spiro atoms. The fourth-order valence-electron chi connectivity index (χ4n) is 7.46. The van der Waals surface area contributed by atoms with Crippen LogP contribution >= 0.6 is 0 Å². The highest BCUT2D eigenvalue weighted by molar-refractivity contribution is 5.99. The summed E-state index contributed by atoms with van der Waals surface area (Å²) in [6.07, 6.45) is 0. The molecule has 2 aliphatic rings. The Hall–Kier alpha value is -5.54. The quantitative estimate of drug-likeness (QED) is 0.222. The molecule has 0 radical (unpaired) electrons. The summed E-state index contributed by atoms with van der Waals surface area (Å²) in [5.74, 6) is 0.646. The van der Waals surface area contributed by atoms with Crippen LogP contribution in [-0.4, -0.2) is 9.55 Å². The molecule has 0 unspecified atom stereocenters. The highest BCUT2D eigenvalue weighted by Crippen LogP contribution is 2.63. The first-order chi connectivity index (χ1) is 20.8. The molecule has 0 aliphatic heterocycles. The van der Waals surface area contributed by atoms with Gasteiger partial charge in [0.15, 0.2) is 0 Å². The van der Waals surface area contributed by atoms with Gasteiger partial charge >= 0.3 is 0 Å². The van der Waals surface area contributed by atoms with Crippen LogP contribution in [0.5, 0.6) is 0 Å². The number of para-hydroxylation sites is 2. The number of nitrogens with zero attached hydrogens (tertiary/aromatic N) is 2. The summed E-state index contributed by atoms with van der Waals surface area (Å²) in [6.45, 7) is 0. The Morgan fingerprint density at radius 1 is 0.476 bits per heavy atom. The van der Waals surface area contributed by atoms with E-state index in [1.165, 1.54) is 38.9 Å². The third-order valence-electron chi connectivity index (χ3n) is 9.05. The minimum atomic E-state index is -0.455. The average Bonchev–Trinajstić information content (AvgIpc) is 3.53. The van der Waals surface area contributed by atoms with Crippen LogP contribution in [0.1, 0.15) is 22.3 Å². The van der Waals surface area contributed by atoms with Gasteiger partial charge in [0.05, 0.1) is 22.0 Å². The lowest BCUT2D eigenvalue weighted by molar-refractivity contribution is 0.793. The first kappa shape index (κ1) is 23.2. The lowest BCUT2D eigenvalue weighted by Gasteiger charge is -2.30. The van der Waals surface area contributed by atoms with E-state index in [1.807, 2.05) is 54.6 Å². The largest absolute Gasteiger partial charge is 0.268 e. The SMILES string of the molecule is O=c1c2ccccc2nc(-c2cccc3c2-c2ccccc2C32c3ccccc3-c3ccccc32)n1-c1ccccc1. The van der Waals surface area contributed by atoms with E-state index in [0.717, 1.165) is 16.8 Å². The zero-order valence-electron chi connectivity index (χ0n) is 22.7. The number of fused-ring (bicyclic) bond motifs is 11. The third kappa shape index (κ3) is 2.84. The standard InChI is InChI=1S/C39H24N2O/c42-38-29-18-7-11-24-35(29)40-37(41(38)25-13-2-1-3-14-25)30-19-12-23-34-36(30)28-17-6-10-22-33(28)39(34)31-20-8-4-15-26(31)27-16-5-9-21-32(27)39/h1-24H. The van der Waals surface area contributed by atoms with Gasteiger partial charge in [0.1, 0.15) is 5.82 Å².